The zero-order valence-electron chi connectivity index (χ0n) is 16.7. The Kier molecular flexibility index (Phi) is 7.35. The molecule has 2 heterocycles. The number of ether oxygens (including phenoxy) is 1. The van der Waals surface area contributed by atoms with Crippen molar-refractivity contribution in [1.82, 2.24) is 5.32 Å². The maximum atomic E-state index is 11.0. The highest BCUT2D eigenvalue weighted by Crippen LogP contribution is 2.41. The van der Waals surface area contributed by atoms with Crippen molar-refractivity contribution in [3.63, 3.8) is 0 Å². The summed E-state index contributed by atoms with van der Waals surface area (Å²) in [6.07, 6.45) is 16.0. The Morgan fingerprint density at radius 2 is 1.89 bits per heavy atom. The molecular weight excluding hydrogens is 342 g/mol. The van der Waals surface area contributed by atoms with E-state index in [2.05, 4.69) is 17.5 Å². The Morgan fingerprint density at radius 3 is 2.63 bits per heavy atom. The first kappa shape index (κ1) is 20.8. The number of carboxylic acid groups (broad SMARTS) is 1. The number of hydrogen-bond donors (Lipinski definition) is 3. The van der Waals surface area contributed by atoms with Crippen molar-refractivity contribution in [1.29, 1.82) is 0 Å². The number of unbranched alkanes of at least 4 members (excludes halogenated alkanes) is 1. The van der Waals surface area contributed by atoms with Crippen LogP contribution < -0.4 is 5.32 Å². The van der Waals surface area contributed by atoms with Gasteiger partial charge >= 0.3 is 5.97 Å². The van der Waals surface area contributed by atoms with Gasteiger partial charge in [-0.3, -0.25) is 4.79 Å². The van der Waals surface area contributed by atoms with E-state index in [9.17, 15) is 9.90 Å². The van der Waals surface area contributed by atoms with Crippen molar-refractivity contribution >= 4 is 5.97 Å². The van der Waals surface area contributed by atoms with Crippen LogP contribution in [-0.4, -0.2) is 46.6 Å². The molecule has 1 aliphatic carbocycles. The second-order valence-corrected chi connectivity index (χ2v) is 9.05. The van der Waals surface area contributed by atoms with E-state index in [0.717, 1.165) is 38.5 Å². The summed E-state index contributed by atoms with van der Waals surface area (Å²) in [5.74, 6) is 0.145. The fourth-order valence-corrected chi connectivity index (χ4v) is 5.29. The maximum absolute atomic E-state index is 11.0. The van der Waals surface area contributed by atoms with E-state index in [1.807, 2.05) is 6.92 Å². The molecule has 0 aromatic heterocycles. The molecule has 0 radical (unpaired) electrons. The van der Waals surface area contributed by atoms with Crippen molar-refractivity contribution in [2.24, 2.45) is 11.8 Å². The molecule has 0 amide bonds. The molecule has 5 heteroatoms. The van der Waals surface area contributed by atoms with Gasteiger partial charge in [-0.1, -0.05) is 31.4 Å². The summed E-state index contributed by atoms with van der Waals surface area (Å²) in [5, 5.41) is 23.4. The quantitative estimate of drug-likeness (QED) is 0.399. The predicted molar refractivity (Wildman–Crippen MR) is 106 cm³/mol. The lowest BCUT2D eigenvalue weighted by Crippen LogP contribution is -2.52. The second-order valence-electron chi connectivity index (χ2n) is 9.05. The van der Waals surface area contributed by atoms with E-state index in [1.165, 1.54) is 19.3 Å². The second kappa shape index (κ2) is 9.53. The normalized spacial score (nSPS) is 33.6. The van der Waals surface area contributed by atoms with Gasteiger partial charge in [-0.15, -0.1) is 0 Å². The number of hydrogen-bond acceptors (Lipinski definition) is 4. The van der Waals surface area contributed by atoms with E-state index in [4.69, 9.17) is 9.84 Å². The smallest absolute Gasteiger partial charge is 0.303 e. The molecule has 0 spiro atoms. The van der Waals surface area contributed by atoms with Gasteiger partial charge in [0.1, 0.15) is 0 Å². The monoisotopic (exact) mass is 379 g/mol. The summed E-state index contributed by atoms with van der Waals surface area (Å²) < 4.78 is 6.16. The molecule has 2 bridgehead atoms. The first-order valence-electron chi connectivity index (χ1n) is 11.0. The van der Waals surface area contributed by atoms with Gasteiger partial charge in [-0.25, -0.2) is 0 Å². The van der Waals surface area contributed by atoms with Crippen LogP contribution in [0.5, 0.6) is 0 Å². The van der Waals surface area contributed by atoms with E-state index in [0.29, 0.717) is 36.9 Å². The van der Waals surface area contributed by atoms with Crippen LogP contribution in [0.1, 0.15) is 77.6 Å². The van der Waals surface area contributed by atoms with Crippen molar-refractivity contribution < 1.29 is 19.7 Å². The van der Waals surface area contributed by atoms with Gasteiger partial charge in [0.05, 0.1) is 17.8 Å². The van der Waals surface area contributed by atoms with Crippen LogP contribution >= 0.6 is 0 Å². The lowest BCUT2D eigenvalue weighted by molar-refractivity contribution is -0.137. The summed E-state index contributed by atoms with van der Waals surface area (Å²) in [6, 6.07) is 0.322. The third kappa shape index (κ3) is 5.55. The summed E-state index contributed by atoms with van der Waals surface area (Å²) in [6.45, 7) is 2.65. The Balaban J connectivity index is 1.47. The standard InChI is InChI=1S/C22H37NO4/c1-22(26,16-9-5-4-6-10-16)15-23-21-17(18-13-14-19(21)27-18)11-7-2-3-8-12-20(24)25/h2,7,16-19,21,23,26H,3-6,8-15H2,1H3,(H,24,25)/b7-2-/t17-,18+,19-,21-,22?/m0/s1. The minimum absolute atomic E-state index is 0.238. The first-order chi connectivity index (χ1) is 13.0. The lowest BCUT2D eigenvalue weighted by atomic mass is 9.77. The number of aliphatic carboxylic acids is 1. The Labute approximate surface area is 163 Å². The van der Waals surface area contributed by atoms with Gasteiger partial charge < -0.3 is 20.3 Å². The molecule has 3 rings (SSSR count). The summed E-state index contributed by atoms with van der Waals surface area (Å²) in [4.78, 5) is 10.6. The SMILES string of the molecule is CC(O)(CN[C@H]1[C@@H](C/C=C\CCCC(=O)O)[C@H]2CC[C@@H]1O2)C1CCCCC1. The van der Waals surface area contributed by atoms with E-state index in [1.54, 1.807) is 0 Å². The number of nitrogens with one attached hydrogen (secondary N) is 1. The molecule has 1 saturated carbocycles. The van der Waals surface area contributed by atoms with Crippen LogP contribution in [0, 0.1) is 11.8 Å². The predicted octanol–water partition coefficient (Wildman–Crippen LogP) is 3.65. The highest BCUT2D eigenvalue weighted by Gasteiger charge is 2.48. The number of rotatable bonds is 10. The van der Waals surface area contributed by atoms with Crippen molar-refractivity contribution in [2.45, 2.75) is 101 Å². The Bertz CT molecular complexity index is 512. The van der Waals surface area contributed by atoms with Gasteiger partial charge in [0.25, 0.3) is 0 Å². The zero-order valence-corrected chi connectivity index (χ0v) is 16.7. The number of fused-ring (bicyclic) bond motifs is 2. The summed E-state index contributed by atoms with van der Waals surface area (Å²) in [5.41, 5.74) is -0.639. The van der Waals surface area contributed by atoms with Crippen LogP contribution in [0.2, 0.25) is 0 Å². The van der Waals surface area contributed by atoms with Gasteiger partial charge in [0.15, 0.2) is 0 Å². The molecule has 5 atom stereocenters. The molecule has 0 aromatic carbocycles. The zero-order chi connectivity index (χ0) is 19.3. The van der Waals surface area contributed by atoms with Crippen molar-refractivity contribution in [3.05, 3.63) is 12.2 Å². The summed E-state index contributed by atoms with van der Waals surface area (Å²) >= 11 is 0. The molecule has 3 aliphatic rings. The summed E-state index contributed by atoms with van der Waals surface area (Å²) in [7, 11) is 0. The molecule has 2 saturated heterocycles. The molecule has 0 aromatic rings. The molecule has 27 heavy (non-hydrogen) atoms. The fraction of sp³-hybridized carbons (Fsp3) is 0.864. The van der Waals surface area contributed by atoms with Gasteiger partial charge in [0.2, 0.25) is 0 Å². The largest absolute Gasteiger partial charge is 0.481 e. The molecular formula is C22H37NO4. The first-order valence-corrected chi connectivity index (χ1v) is 11.0. The van der Waals surface area contributed by atoms with Crippen LogP contribution in [0.4, 0.5) is 0 Å². The van der Waals surface area contributed by atoms with E-state index >= 15 is 0 Å². The highest BCUT2D eigenvalue weighted by atomic mass is 16.5. The maximum Gasteiger partial charge on any atom is 0.303 e. The molecule has 3 fully saturated rings. The van der Waals surface area contributed by atoms with Gasteiger partial charge in [-0.05, 0) is 57.8 Å². The van der Waals surface area contributed by atoms with Crippen LogP contribution in [0.3, 0.4) is 0 Å². The number of carboxylic acids is 1. The topological polar surface area (TPSA) is 78.8 Å². The number of allylic oxidation sites excluding steroid dienone is 2. The lowest BCUT2D eigenvalue weighted by Gasteiger charge is -2.38. The van der Waals surface area contributed by atoms with Gasteiger partial charge in [-0.2, -0.15) is 0 Å². The van der Waals surface area contributed by atoms with Crippen molar-refractivity contribution in [3.8, 4) is 0 Å². The minimum atomic E-state index is -0.723. The van der Waals surface area contributed by atoms with E-state index in [-0.39, 0.29) is 12.5 Å². The van der Waals surface area contributed by atoms with Crippen molar-refractivity contribution in [2.75, 3.05) is 6.54 Å². The minimum Gasteiger partial charge on any atom is -0.481 e. The van der Waals surface area contributed by atoms with Crippen LogP contribution in [0.25, 0.3) is 0 Å². The molecule has 2 aliphatic heterocycles. The third-order valence-electron chi connectivity index (χ3n) is 6.94. The van der Waals surface area contributed by atoms with Crippen LogP contribution in [0.15, 0.2) is 12.2 Å². The Hall–Kier alpha value is -0.910. The molecule has 154 valence electrons. The number of aliphatic hydroxyl groups is 1. The average Bonchev–Trinajstić information content (AvgIpc) is 3.25. The highest BCUT2D eigenvalue weighted by molar-refractivity contribution is 5.66. The average molecular weight is 380 g/mol. The van der Waals surface area contributed by atoms with Crippen LogP contribution in [-0.2, 0) is 9.53 Å². The van der Waals surface area contributed by atoms with Gasteiger partial charge in [0, 0.05) is 24.9 Å². The Morgan fingerprint density at radius 1 is 1.15 bits per heavy atom. The molecule has 1 unspecified atom stereocenters. The fourth-order valence-electron chi connectivity index (χ4n) is 5.29. The molecule has 5 nitrogen and oxygen atoms in total. The third-order valence-corrected chi connectivity index (χ3v) is 6.94. The molecule has 3 N–H and O–H groups in total. The van der Waals surface area contributed by atoms with E-state index < -0.39 is 11.6 Å². The number of carbonyl (C=O) groups is 1.